The second-order valence-corrected chi connectivity index (χ2v) is 3.39. The SMILES string of the molecule is CC(=O)c1[c]cc(Cl)cc1Br. The molecule has 1 aromatic carbocycles. The van der Waals surface area contributed by atoms with Crippen LogP contribution < -0.4 is 0 Å². The molecule has 0 aliphatic heterocycles. The number of halogens is 2. The third-order valence-corrected chi connectivity index (χ3v) is 2.05. The zero-order valence-electron chi connectivity index (χ0n) is 5.82. The molecule has 0 spiro atoms. The fraction of sp³-hybridized carbons (Fsp3) is 0.125. The summed E-state index contributed by atoms with van der Waals surface area (Å²) in [6.45, 7) is 1.49. The van der Waals surface area contributed by atoms with Crippen molar-refractivity contribution in [2.45, 2.75) is 6.92 Å². The predicted molar refractivity (Wildman–Crippen MR) is 48.0 cm³/mol. The highest BCUT2D eigenvalue weighted by Crippen LogP contribution is 2.20. The van der Waals surface area contributed by atoms with Crippen molar-refractivity contribution in [1.82, 2.24) is 0 Å². The maximum absolute atomic E-state index is 10.9. The number of ketones is 1. The molecule has 1 aromatic rings. The van der Waals surface area contributed by atoms with Crippen LogP contribution in [0.15, 0.2) is 16.6 Å². The van der Waals surface area contributed by atoms with Crippen molar-refractivity contribution in [3.63, 3.8) is 0 Å². The van der Waals surface area contributed by atoms with Gasteiger partial charge in [-0.2, -0.15) is 0 Å². The Kier molecular flexibility index (Phi) is 2.68. The molecule has 0 saturated heterocycles. The Morgan fingerprint density at radius 1 is 1.73 bits per heavy atom. The highest BCUT2D eigenvalue weighted by atomic mass is 79.9. The number of carbonyl (C=O) groups excluding carboxylic acids is 1. The number of hydrogen-bond donors (Lipinski definition) is 0. The minimum absolute atomic E-state index is 0.0199. The van der Waals surface area contributed by atoms with Crippen LogP contribution in [-0.4, -0.2) is 5.78 Å². The summed E-state index contributed by atoms with van der Waals surface area (Å²) in [5.74, 6) is -0.0199. The summed E-state index contributed by atoms with van der Waals surface area (Å²) in [5, 5.41) is 0.571. The molecule has 0 aromatic heterocycles. The fourth-order valence-electron chi connectivity index (χ4n) is 0.715. The molecular weight excluding hydrogens is 227 g/mol. The molecule has 0 saturated carbocycles. The van der Waals surface area contributed by atoms with Gasteiger partial charge in [0.1, 0.15) is 0 Å². The van der Waals surface area contributed by atoms with E-state index in [2.05, 4.69) is 22.0 Å². The predicted octanol–water partition coefficient (Wildman–Crippen LogP) is 3.11. The Morgan fingerprint density at radius 2 is 2.36 bits per heavy atom. The Hall–Kier alpha value is -0.340. The van der Waals surface area contributed by atoms with Crippen molar-refractivity contribution in [2.75, 3.05) is 0 Å². The van der Waals surface area contributed by atoms with Crippen LogP contribution in [0, 0.1) is 6.07 Å². The van der Waals surface area contributed by atoms with Gasteiger partial charge in [-0.25, -0.2) is 0 Å². The van der Waals surface area contributed by atoms with E-state index in [1.165, 1.54) is 6.92 Å². The molecule has 0 bridgehead atoms. The maximum atomic E-state index is 10.9. The van der Waals surface area contributed by atoms with Crippen molar-refractivity contribution in [1.29, 1.82) is 0 Å². The van der Waals surface area contributed by atoms with E-state index in [1.54, 1.807) is 12.1 Å². The first-order valence-electron chi connectivity index (χ1n) is 2.99. The summed E-state index contributed by atoms with van der Waals surface area (Å²) >= 11 is 8.86. The van der Waals surface area contributed by atoms with E-state index in [4.69, 9.17) is 11.6 Å². The van der Waals surface area contributed by atoms with Gasteiger partial charge in [0.2, 0.25) is 0 Å². The van der Waals surface area contributed by atoms with Gasteiger partial charge >= 0.3 is 0 Å². The Bertz CT molecular complexity index is 296. The largest absolute Gasteiger partial charge is 0.294 e. The van der Waals surface area contributed by atoms with Crippen LogP contribution in [0.5, 0.6) is 0 Å². The Balaban J connectivity index is 3.20. The summed E-state index contributed by atoms with van der Waals surface area (Å²) in [7, 11) is 0. The first-order valence-corrected chi connectivity index (χ1v) is 4.16. The molecule has 1 nitrogen and oxygen atoms in total. The van der Waals surface area contributed by atoms with Crippen molar-refractivity contribution in [2.24, 2.45) is 0 Å². The second-order valence-electron chi connectivity index (χ2n) is 2.10. The molecule has 0 aliphatic rings. The average Bonchev–Trinajstić information content (AvgIpc) is 1.85. The molecule has 0 fully saturated rings. The molecule has 0 N–H and O–H groups in total. The first kappa shape index (κ1) is 8.75. The number of Topliss-reactive ketones (excluding diaryl/α,β-unsaturated/α-hetero) is 1. The van der Waals surface area contributed by atoms with E-state index in [-0.39, 0.29) is 5.78 Å². The number of carbonyl (C=O) groups is 1. The quantitative estimate of drug-likeness (QED) is 0.680. The molecular formula is C8H5BrClO. The van der Waals surface area contributed by atoms with Crippen molar-refractivity contribution in [3.8, 4) is 0 Å². The summed E-state index contributed by atoms with van der Waals surface area (Å²) in [6, 6.07) is 6.02. The number of hydrogen-bond acceptors (Lipinski definition) is 1. The van der Waals surface area contributed by atoms with Gasteiger partial charge in [0.25, 0.3) is 0 Å². The van der Waals surface area contributed by atoms with Crippen molar-refractivity contribution >= 4 is 33.3 Å². The Labute approximate surface area is 78.5 Å². The van der Waals surface area contributed by atoms with Gasteiger partial charge in [-0.3, -0.25) is 4.79 Å². The molecule has 0 amide bonds. The normalized spacial score (nSPS) is 9.73. The van der Waals surface area contributed by atoms with Gasteiger partial charge < -0.3 is 0 Å². The van der Waals surface area contributed by atoms with Crippen LogP contribution in [0.4, 0.5) is 0 Å². The highest BCUT2D eigenvalue weighted by Gasteiger charge is 2.04. The lowest BCUT2D eigenvalue weighted by molar-refractivity contribution is 0.101. The third kappa shape index (κ3) is 2.04. The lowest BCUT2D eigenvalue weighted by Gasteiger charge is -1.97. The van der Waals surface area contributed by atoms with E-state index >= 15 is 0 Å². The first-order chi connectivity index (χ1) is 5.11. The zero-order chi connectivity index (χ0) is 8.43. The number of benzene rings is 1. The third-order valence-electron chi connectivity index (χ3n) is 1.21. The summed E-state index contributed by atoms with van der Waals surface area (Å²) < 4.78 is 0.692. The zero-order valence-corrected chi connectivity index (χ0v) is 8.16. The highest BCUT2D eigenvalue weighted by molar-refractivity contribution is 9.10. The monoisotopic (exact) mass is 231 g/mol. The number of rotatable bonds is 1. The molecule has 0 heterocycles. The van der Waals surface area contributed by atoms with Crippen LogP contribution >= 0.6 is 27.5 Å². The van der Waals surface area contributed by atoms with Crippen LogP contribution in [0.2, 0.25) is 5.02 Å². The van der Waals surface area contributed by atoms with Crippen LogP contribution in [0.1, 0.15) is 17.3 Å². The van der Waals surface area contributed by atoms with Gasteiger partial charge in [-0.15, -0.1) is 0 Å². The fourth-order valence-corrected chi connectivity index (χ4v) is 1.65. The van der Waals surface area contributed by atoms with Gasteiger partial charge in [-0.1, -0.05) is 11.6 Å². The van der Waals surface area contributed by atoms with E-state index in [0.717, 1.165) is 0 Å². The van der Waals surface area contributed by atoms with Crippen LogP contribution in [0.25, 0.3) is 0 Å². The lowest BCUT2D eigenvalue weighted by Crippen LogP contribution is -1.92. The molecule has 0 aliphatic carbocycles. The Morgan fingerprint density at radius 3 is 2.82 bits per heavy atom. The molecule has 11 heavy (non-hydrogen) atoms. The molecule has 57 valence electrons. The van der Waals surface area contributed by atoms with E-state index < -0.39 is 0 Å². The summed E-state index contributed by atoms with van der Waals surface area (Å²) in [4.78, 5) is 10.9. The van der Waals surface area contributed by atoms with Crippen molar-refractivity contribution in [3.05, 3.63) is 33.3 Å². The molecule has 0 unspecified atom stereocenters. The van der Waals surface area contributed by atoms with Crippen molar-refractivity contribution < 1.29 is 4.79 Å². The topological polar surface area (TPSA) is 17.1 Å². The van der Waals surface area contributed by atoms with E-state index in [9.17, 15) is 4.79 Å². The smallest absolute Gasteiger partial charge is 0.161 e. The maximum Gasteiger partial charge on any atom is 0.161 e. The molecule has 0 atom stereocenters. The minimum atomic E-state index is -0.0199. The van der Waals surface area contributed by atoms with E-state index in [0.29, 0.717) is 15.1 Å². The summed E-state index contributed by atoms with van der Waals surface area (Å²) in [6.07, 6.45) is 0. The standard InChI is InChI=1S/C8H5BrClO/c1-5(11)7-3-2-6(10)4-8(7)9/h2,4H,1H3. The average molecular weight is 232 g/mol. The summed E-state index contributed by atoms with van der Waals surface area (Å²) in [5.41, 5.74) is 0.536. The lowest BCUT2D eigenvalue weighted by atomic mass is 10.2. The van der Waals surface area contributed by atoms with Gasteiger partial charge in [0.05, 0.1) is 0 Å². The second kappa shape index (κ2) is 3.37. The van der Waals surface area contributed by atoms with Crippen LogP contribution in [-0.2, 0) is 0 Å². The molecule has 1 rings (SSSR count). The van der Waals surface area contributed by atoms with E-state index in [1.807, 2.05) is 0 Å². The molecule has 3 heteroatoms. The van der Waals surface area contributed by atoms with Gasteiger partial charge in [-0.05, 0) is 41.1 Å². The minimum Gasteiger partial charge on any atom is -0.294 e. The van der Waals surface area contributed by atoms with Gasteiger partial charge in [0, 0.05) is 15.1 Å². The molecule has 1 radical (unpaired) electrons. The van der Waals surface area contributed by atoms with Gasteiger partial charge in [0.15, 0.2) is 5.78 Å². The van der Waals surface area contributed by atoms with Crippen LogP contribution in [0.3, 0.4) is 0 Å².